The maximum Gasteiger partial charge on any atom is 0.169 e. The van der Waals surface area contributed by atoms with Crippen molar-refractivity contribution in [2.75, 3.05) is 12.8 Å². The number of hydrogen-bond donors (Lipinski definition) is 1. The quantitative estimate of drug-likeness (QED) is 0.841. The van der Waals surface area contributed by atoms with E-state index in [2.05, 4.69) is 5.16 Å². The molecule has 0 radical (unpaired) electrons. The van der Waals surface area contributed by atoms with E-state index < -0.39 is 0 Å². The minimum atomic E-state index is 0.382. The molecular formula is C12H14N2O2. The van der Waals surface area contributed by atoms with Crippen molar-refractivity contribution in [1.29, 1.82) is 0 Å². The fourth-order valence-corrected chi connectivity index (χ4v) is 1.61. The Balaban J connectivity index is 2.54. The molecule has 0 aliphatic heterocycles. The van der Waals surface area contributed by atoms with E-state index in [1.54, 1.807) is 13.2 Å². The van der Waals surface area contributed by atoms with Crippen LogP contribution in [-0.4, -0.2) is 12.3 Å². The number of nitrogens with zero attached hydrogens (tertiary/aromatic N) is 1. The predicted molar refractivity (Wildman–Crippen MR) is 62.4 cm³/mol. The van der Waals surface area contributed by atoms with Gasteiger partial charge in [0, 0.05) is 11.6 Å². The van der Waals surface area contributed by atoms with E-state index in [0.717, 1.165) is 22.4 Å². The Hall–Kier alpha value is -1.97. The molecule has 0 spiro atoms. The highest BCUT2D eigenvalue weighted by Crippen LogP contribution is 2.30. The highest BCUT2D eigenvalue weighted by Gasteiger charge is 2.09. The van der Waals surface area contributed by atoms with E-state index in [4.69, 9.17) is 15.0 Å². The van der Waals surface area contributed by atoms with Crippen LogP contribution >= 0.6 is 0 Å². The van der Waals surface area contributed by atoms with E-state index in [1.165, 1.54) is 0 Å². The first-order chi connectivity index (χ1) is 7.61. The Kier molecular flexibility index (Phi) is 2.56. The lowest BCUT2D eigenvalue weighted by molar-refractivity contribution is 0.410. The van der Waals surface area contributed by atoms with Crippen LogP contribution in [0.25, 0.3) is 11.3 Å². The summed E-state index contributed by atoms with van der Waals surface area (Å²) in [6.07, 6.45) is 0. The summed E-state index contributed by atoms with van der Waals surface area (Å²) in [5, 5.41) is 3.66. The lowest BCUT2D eigenvalue weighted by atomic mass is 10.0. The van der Waals surface area contributed by atoms with Gasteiger partial charge in [-0.1, -0.05) is 5.16 Å². The van der Waals surface area contributed by atoms with Crippen LogP contribution < -0.4 is 10.5 Å². The summed E-state index contributed by atoms with van der Waals surface area (Å²) >= 11 is 0. The van der Waals surface area contributed by atoms with Crippen molar-refractivity contribution < 1.29 is 9.26 Å². The maximum atomic E-state index is 5.52. The van der Waals surface area contributed by atoms with Crippen LogP contribution in [0.1, 0.15) is 11.1 Å². The molecule has 0 aliphatic carbocycles. The second-order valence-electron chi connectivity index (χ2n) is 3.74. The number of hydrogen-bond acceptors (Lipinski definition) is 4. The first-order valence-corrected chi connectivity index (χ1v) is 4.99. The number of methoxy groups -OCH3 is 1. The number of benzene rings is 1. The minimum Gasteiger partial charge on any atom is -0.496 e. The van der Waals surface area contributed by atoms with E-state index in [0.29, 0.717) is 11.6 Å². The van der Waals surface area contributed by atoms with Gasteiger partial charge < -0.3 is 15.0 Å². The summed E-state index contributed by atoms with van der Waals surface area (Å²) in [5.41, 5.74) is 8.71. The van der Waals surface area contributed by atoms with Gasteiger partial charge in [0.1, 0.15) is 5.75 Å². The number of aryl methyl sites for hydroxylation is 1. The first kappa shape index (κ1) is 10.5. The van der Waals surface area contributed by atoms with Gasteiger partial charge in [0.25, 0.3) is 0 Å². The molecule has 0 aliphatic rings. The van der Waals surface area contributed by atoms with E-state index in [1.807, 2.05) is 26.0 Å². The van der Waals surface area contributed by atoms with Gasteiger partial charge in [-0.05, 0) is 37.1 Å². The van der Waals surface area contributed by atoms with Crippen molar-refractivity contribution in [2.24, 2.45) is 0 Å². The van der Waals surface area contributed by atoms with E-state index >= 15 is 0 Å². The van der Waals surface area contributed by atoms with Crippen molar-refractivity contribution in [3.05, 3.63) is 29.3 Å². The fourth-order valence-electron chi connectivity index (χ4n) is 1.61. The molecule has 2 rings (SSSR count). The number of rotatable bonds is 2. The molecule has 4 nitrogen and oxygen atoms in total. The highest BCUT2D eigenvalue weighted by molar-refractivity contribution is 5.64. The lowest BCUT2D eigenvalue weighted by Crippen LogP contribution is -1.91. The second kappa shape index (κ2) is 3.89. The van der Waals surface area contributed by atoms with Crippen molar-refractivity contribution in [1.82, 2.24) is 5.16 Å². The van der Waals surface area contributed by atoms with Crippen molar-refractivity contribution in [2.45, 2.75) is 13.8 Å². The predicted octanol–water partition coefficient (Wildman–Crippen LogP) is 2.55. The van der Waals surface area contributed by atoms with Crippen LogP contribution in [0, 0.1) is 13.8 Å². The molecule has 2 N–H and O–H groups in total. The lowest BCUT2D eigenvalue weighted by Gasteiger charge is -2.09. The van der Waals surface area contributed by atoms with Crippen LogP contribution in [0.3, 0.4) is 0 Å². The zero-order chi connectivity index (χ0) is 11.7. The molecule has 0 fully saturated rings. The Labute approximate surface area is 94.0 Å². The maximum absolute atomic E-state index is 5.52. The highest BCUT2D eigenvalue weighted by atomic mass is 16.5. The molecule has 0 saturated carbocycles. The Morgan fingerprint density at radius 2 is 2.00 bits per heavy atom. The van der Waals surface area contributed by atoms with Gasteiger partial charge in [-0.25, -0.2) is 0 Å². The largest absolute Gasteiger partial charge is 0.496 e. The van der Waals surface area contributed by atoms with Gasteiger partial charge in [0.15, 0.2) is 11.6 Å². The van der Waals surface area contributed by atoms with Gasteiger partial charge in [0.05, 0.1) is 7.11 Å². The van der Waals surface area contributed by atoms with E-state index in [9.17, 15) is 0 Å². The summed E-state index contributed by atoms with van der Waals surface area (Å²) in [7, 11) is 1.65. The standard InChI is InChI=1S/C12H14N2O2/c1-7-4-9(5-10(15-3)8(7)2)11-6-12(13)14-16-11/h4-6H,1-3H3,(H2,13,14). The van der Waals surface area contributed by atoms with Crippen molar-refractivity contribution >= 4 is 5.82 Å². The zero-order valence-electron chi connectivity index (χ0n) is 9.57. The number of nitrogen functional groups attached to an aromatic ring is 1. The van der Waals surface area contributed by atoms with Crippen LogP contribution in [0.4, 0.5) is 5.82 Å². The van der Waals surface area contributed by atoms with Crippen LogP contribution in [0.15, 0.2) is 22.7 Å². The Bertz CT molecular complexity index is 518. The molecule has 16 heavy (non-hydrogen) atoms. The summed E-state index contributed by atoms with van der Waals surface area (Å²) in [6, 6.07) is 5.64. The van der Waals surface area contributed by atoms with Crippen LogP contribution in [-0.2, 0) is 0 Å². The minimum absolute atomic E-state index is 0.382. The molecule has 1 aromatic heterocycles. The summed E-state index contributed by atoms with van der Waals surface area (Å²) in [6.45, 7) is 4.05. The number of aromatic nitrogens is 1. The Morgan fingerprint density at radius 3 is 2.56 bits per heavy atom. The molecule has 1 aromatic carbocycles. The molecule has 4 heteroatoms. The molecule has 1 heterocycles. The van der Waals surface area contributed by atoms with Gasteiger partial charge in [-0.2, -0.15) is 0 Å². The summed E-state index contributed by atoms with van der Waals surface area (Å²) < 4.78 is 10.4. The number of ether oxygens (including phenoxy) is 1. The molecule has 0 amide bonds. The van der Waals surface area contributed by atoms with Crippen molar-refractivity contribution in [3.8, 4) is 17.1 Å². The molecule has 84 valence electrons. The van der Waals surface area contributed by atoms with Gasteiger partial charge in [0.2, 0.25) is 0 Å². The molecular weight excluding hydrogens is 204 g/mol. The average molecular weight is 218 g/mol. The number of anilines is 1. The van der Waals surface area contributed by atoms with Gasteiger partial charge in [-0.15, -0.1) is 0 Å². The third-order valence-corrected chi connectivity index (χ3v) is 2.65. The van der Waals surface area contributed by atoms with Crippen molar-refractivity contribution in [3.63, 3.8) is 0 Å². The van der Waals surface area contributed by atoms with Crippen LogP contribution in [0.5, 0.6) is 5.75 Å². The number of nitrogens with two attached hydrogens (primary N) is 1. The topological polar surface area (TPSA) is 61.3 Å². The third-order valence-electron chi connectivity index (χ3n) is 2.65. The molecule has 0 saturated heterocycles. The molecule has 0 atom stereocenters. The smallest absolute Gasteiger partial charge is 0.169 e. The molecule has 0 unspecified atom stereocenters. The Morgan fingerprint density at radius 1 is 1.25 bits per heavy atom. The van der Waals surface area contributed by atoms with Crippen LogP contribution in [0.2, 0.25) is 0 Å². The van der Waals surface area contributed by atoms with Gasteiger partial charge in [-0.3, -0.25) is 0 Å². The summed E-state index contributed by atoms with van der Waals surface area (Å²) in [4.78, 5) is 0. The first-order valence-electron chi connectivity index (χ1n) is 4.99. The summed E-state index contributed by atoms with van der Waals surface area (Å²) in [5.74, 6) is 1.87. The molecule has 0 bridgehead atoms. The normalized spacial score (nSPS) is 10.4. The second-order valence-corrected chi connectivity index (χ2v) is 3.74. The van der Waals surface area contributed by atoms with E-state index in [-0.39, 0.29) is 0 Å². The van der Waals surface area contributed by atoms with Gasteiger partial charge >= 0.3 is 0 Å². The fraction of sp³-hybridized carbons (Fsp3) is 0.250. The third kappa shape index (κ3) is 1.74. The molecule has 2 aromatic rings. The monoisotopic (exact) mass is 218 g/mol. The average Bonchev–Trinajstić information content (AvgIpc) is 2.69. The SMILES string of the molecule is COc1cc(-c2cc(N)no2)cc(C)c1C. The zero-order valence-corrected chi connectivity index (χ0v) is 9.57.